The SMILES string of the molecule is Cc1ccc(C2=NOC(C3=C(N4CCCCC4)NC(c4ccccc4)N(c4ccc(C)cc4)C3=O)CC2)cc1. The van der Waals surface area contributed by atoms with E-state index in [-0.39, 0.29) is 12.1 Å². The van der Waals surface area contributed by atoms with Gasteiger partial charge in [-0.1, -0.05) is 83.0 Å². The van der Waals surface area contributed by atoms with Crippen molar-refractivity contribution in [2.24, 2.45) is 5.16 Å². The van der Waals surface area contributed by atoms with Gasteiger partial charge in [-0.25, -0.2) is 0 Å². The molecule has 2 unspecified atom stereocenters. The highest BCUT2D eigenvalue weighted by atomic mass is 16.6. The fraction of sp³-hybridized carbons (Fsp3) is 0.333. The summed E-state index contributed by atoms with van der Waals surface area (Å²) >= 11 is 0. The lowest BCUT2D eigenvalue weighted by Crippen LogP contribution is -2.54. The highest BCUT2D eigenvalue weighted by Gasteiger charge is 2.42. The third kappa shape index (κ3) is 5.16. The molecule has 1 fully saturated rings. The quantitative estimate of drug-likeness (QED) is 0.434. The molecule has 1 amide bonds. The van der Waals surface area contributed by atoms with E-state index in [0.717, 1.165) is 66.3 Å². The van der Waals surface area contributed by atoms with Crippen LogP contribution in [0.3, 0.4) is 0 Å². The molecule has 3 aromatic carbocycles. The Morgan fingerprint density at radius 1 is 0.846 bits per heavy atom. The van der Waals surface area contributed by atoms with Crippen molar-refractivity contribution >= 4 is 17.3 Å². The maximum Gasteiger partial charge on any atom is 0.263 e. The molecule has 3 aliphatic heterocycles. The summed E-state index contributed by atoms with van der Waals surface area (Å²) in [6, 6.07) is 26.8. The topological polar surface area (TPSA) is 57.2 Å². The number of likely N-dealkylation sites (tertiary alicyclic amines) is 1. The first-order chi connectivity index (χ1) is 19.1. The maximum atomic E-state index is 14.6. The smallest absolute Gasteiger partial charge is 0.263 e. The van der Waals surface area contributed by atoms with Crippen molar-refractivity contribution in [3.8, 4) is 0 Å². The first-order valence-corrected chi connectivity index (χ1v) is 14.1. The van der Waals surface area contributed by atoms with Gasteiger partial charge in [0.2, 0.25) is 0 Å². The molecule has 39 heavy (non-hydrogen) atoms. The summed E-state index contributed by atoms with van der Waals surface area (Å²) in [5.74, 6) is 0.877. The Labute approximate surface area is 231 Å². The fourth-order valence-corrected chi connectivity index (χ4v) is 5.76. The van der Waals surface area contributed by atoms with Crippen molar-refractivity contribution in [1.82, 2.24) is 10.2 Å². The van der Waals surface area contributed by atoms with Gasteiger partial charge in [-0.05, 0) is 69.2 Å². The molecule has 0 spiro atoms. The molecule has 6 nitrogen and oxygen atoms in total. The summed E-state index contributed by atoms with van der Waals surface area (Å²) in [6.07, 6.45) is 4.17. The molecular weight excluding hydrogens is 484 g/mol. The highest BCUT2D eigenvalue weighted by Crippen LogP contribution is 2.37. The summed E-state index contributed by atoms with van der Waals surface area (Å²) in [4.78, 5) is 25.0. The van der Waals surface area contributed by atoms with Crippen molar-refractivity contribution in [3.63, 3.8) is 0 Å². The molecule has 200 valence electrons. The molecule has 3 heterocycles. The van der Waals surface area contributed by atoms with Crippen LogP contribution in [-0.4, -0.2) is 35.7 Å². The maximum absolute atomic E-state index is 14.6. The number of anilines is 1. The van der Waals surface area contributed by atoms with Gasteiger partial charge >= 0.3 is 0 Å². The first-order valence-electron chi connectivity index (χ1n) is 14.1. The largest absolute Gasteiger partial charge is 0.387 e. The number of nitrogens with one attached hydrogen (secondary N) is 1. The van der Waals surface area contributed by atoms with Crippen LogP contribution >= 0.6 is 0 Å². The summed E-state index contributed by atoms with van der Waals surface area (Å²) in [6.45, 7) is 6.00. The number of hydrogen-bond acceptors (Lipinski definition) is 5. The molecule has 0 saturated carbocycles. The number of oxime groups is 1. The van der Waals surface area contributed by atoms with E-state index in [2.05, 4.69) is 77.8 Å². The zero-order chi connectivity index (χ0) is 26.8. The highest BCUT2D eigenvalue weighted by molar-refractivity contribution is 6.08. The van der Waals surface area contributed by atoms with Crippen molar-refractivity contribution in [1.29, 1.82) is 0 Å². The average Bonchev–Trinajstić information content (AvgIpc) is 2.99. The summed E-state index contributed by atoms with van der Waals surface area (Å²) in [5, 5.41) is 8.36. The number of nitrogens with zero attached hydrogens (tertiary/aromatic N) is 3. The van der Waals surface area contributed by atoms with Crippen molar-refractivity contribution in [2.45, 2.75) is 58.2 Å². The van der Waals surface area contributed by atoms with Crippen LogP contribution in [0.15, 0.2) is 95.4 Å². The minimum Gasteiger partial charge on any atom is -0.387 e. The van der Waals surface area contributed by atoms with Crippen LogP contribution in [0.2, 0.25) is 0 Å². The number of piperidine rings is 1. The Balaban J connectivity index is 1.41. The van der Waals surface area contributed by atoms with Crippen LogP contribution in [0.25, 0.3) is 0 Å². The number of rotatable bonds is 5. The second kappa shape index (κ2) is 11.0. The summed E-state index contributed by atoms with van der Waals surface area (Å²) in [7, 11) is 0. The molecule has 3 aromatic rings. The van der Waals surface area contributed by atoms with Gasteiger partial charge < -0.3 is 15.1 Å². The Kier molecular flexibility index (Phi) is 7.10. The Morgan fingerprint density at radius 3 is 2.15 bits per heavy atom. The monoisotopic (exact) mass is 520 g/mol. The molecule has 1 saturated heterocycles. The van der Waals surface area contributed by atoms with Gasteiger partial charge in [0.05, 0.1) is 5.71 Å². The molecule has 2 atom stereocenters. The zero-order valence-electron chi connectivity index (χ0n) is 22.8. The lowest BCUT2D eigenvalue weighted by molar-refractivity contribution is -0.118. The van der Waals surface area contributed by atoms with Gasteiger partial charge in [0.15, 0.2) is 6.10 Å². The predicted molar refractivity (Wildman–Crippen MR) is 155 cm³/mol. The van der Waals surface area contributed by atoms with Crippen LogP contribution in [0, 0.1) is 13.8 Å². The van der Waals surface area contributed by atoms with E-state index in [0.29, 0.717) is 12.0 Å². The standard InChI is InChI=1S/C33H36N4O2/c1-23-11-15-25(16-12-23)28-19-20-29(39-35-28)30-32(36-21-7-4-8-22-36)34-31(26-9-5-3-6-10-26)37(33(30)38)27-17-13-24(2)14-18-27/h3,5-6,9-18,29,31,34H,4,7-8,19-22H2,1-2H3. The molecule has 0 radical (unpaired) electrons. The molecular formula is C33H36N4O2. The number of benzene rings is 3. The number of carbonyl (C=O) groups excluding carboxylic acids is 1. The van der Waals surface area contributed by atoms with Gasteiger partial charge in [-0.15, -0.1) is 0 Å². The summed E-state index contributed by atoms with van der Waals surface area (Å²) < 4.78 is 0. The normalized spacial score (nSPS) is 21.8. The minimum absolute atomic E-state index is 0.0222. The second-order valence-electron chi connectivity index (χ2n) is 10.8. The van der Waals surface area contributed by atoms with Crippen LogP contribution in [0.5, 0.6) is 0 Å². The van der Waals surface area contributed by atoms with Crippen LogP contribution < -0.4 is 10.2 Å². The second-order valence-corrected chi connectivity index (χ2v) is 10.8. The lowest BCUT2D eigenvalue weighted by Gasteiger charge is -2.44. The number of carbonyl (C=O) groups is 1. The van der Waals surface area contributed by atoms with Crippen LogP contribution in [-0.2, 0) is 9.63 Å². The Hall–Kier alpha value is -4.06. The predicted octanol–water partition coefficient (Wildman–Crippen LogP) is 6.22. The van der Waals surface area contributed by atoms with Crippen molar-refractivity contribution < 1.29 is 9.63 Å². The molecule has 6 heteroatoms. The minimum atomic E-state index is -0.416. The lowest BCUT2D eigenvalue weighted by atomic mass is 9.94. The van der Waals surface area contributed by atoms with Gasteiger partial charge in [0, 0.05) is 18.8 Å². The number of hydrogen-bond donors (Lipinski definition) is 1. The molecule has 0 bridgehead atoms. The van der Waals surface area contributed by atoms with E-state index in [1.807, 2.05) is 35.2 Å². The molecule has 3 aliphatic rings. The van der Waals surface area contributed by atoms with Crippen molar-refractivity contribution in [2.75, 3.05) is 18.0 Å². The molecule has 1 N–H and O–H groups in total. The van der Waals surface area contributed by atoms with Gasteiger partial charge in [0.25, 0.3) is 5.91 Å². The zero-order valence-corrected chi connectivity index (χ0v) is 22.8. The van der Waals surface area contributed by atoms with Crippen LogP contribution in [0.4, 0.5) is 5.69 Å². The van der Waals surface area contributed by atoms with E-state index >= 15 is 0 Å². The van der Waals surface area contributed by atoms with Gasteiger partial charge in [0.1, 0.15) is 17.6 Å². The number of aryl methyl sites for hydroxylation is 2. The molecule has 0 aromatic heterocycles. The van der Waals surface area contributed by atoms with E-state index in [4.69, 9.17) is 4.84 Å². The Morgan fingerprint density at radius 2 is 1.51 bits per heavy atom. The van der Waals surface area contributed by atoms with Gasteiger partial charge in [-0.3, -0.25) is 9.69 Å². The Bertz CT molecular complexity index is 1370. The van der Waals surface area contributed by atoms with E-state index in [1.54, 1.807) is 0 Å². The van der Waals surface area contributed by atoms with E-state index in [1.165, 1.54) is 12.0 Å². The van der Waals surface area contributed by atoms with E-state index < -0.39 is 6.10 Å². The van der Waals surface area contributed by atoms with Gasteiger partial charge in [-0.2, -0.15) is 0 Å². The number of amides is 1. The van der Waals surface area contributed by atoms with E-state index in [9.17, 15) is 4.79 Å². The third-order valence-corrected chi connectivity index (χ3v) is 7.98. The molecule has 0 aliphatic carbocycles. The van der Waals surface area contributed by atoms with Crippen molar-refractivity contribution in [3.05, 3.63) is 113 Å². The summed E-state index contributed by atoms with van der Waals surface area (Å²) in [5.41, 5.74) is 6.96. The van der Waals surface area contributed by atoms with Crippen LogP contribution in [0.1, 0.15) is 60.5 Å². The third-order valence-electron chi connectivity index (χ3n) is 7.98. The fourth-order valence-electron chi connectivity index (χ4n) is 5.76. The first kappa shape index (κ1) is 25.2. The average molecular weight is 521 g/mol. The molecule has 6 rings (SSSR count).